The number of carbonyl (C=O) groups is 3. The van der Waals surface area contributed by atoms with Gasteiger partial charge in [-0.15, -0.1) is 0 Å². The predicted octanol–water partition coefficient (Wildman–Crippen LogP) is 2.61. The number of fused-ring (bicyclic) bond motifs is 1. The Morgan fingerprint density at radius 3 is 2.81 bits per heavy atom. The van der Waals surface area contributed by atoms with Crippen LogP contribution in [0.25, 0.3) is 6.08 Å². The molecule has 138 valence electrons. The topological polar surface area (TPSA) is 72.9 Å². The van der Waals surface area contributed by atoms with Crippen molar-refractivity contribution in [2.24, 2.45) is 0 Å². The van der Waals surface area contributed by atoms with E-state index in [-0.39, 0.29) is 11.7 Å². The molecule has 0 N–H and O–H groups in total. The summed E-state index contributed by atoms with van der Waals surface area (Å²) in [5.41, 5.74) is 0.749. The van der Waals surface area contributed by atoms with Crippen molar-refractivity contribution in [1.29, 1.82) is 0 Å². The third-order valence-corrected chi connectivity index (χ3v) is 5.07. The molecule has 1 fully saturated rings. The number of methoxy groups -OCH3 is 1. The fraction of sp³-hybridized carbons (Fsp3) is 0.450. The van der Waals surface area contributed by atoms with E-state index in [1.165, 1.54) is 13.2 Å². The van der Waals surface area contributed by atoms with Gasteiger partial charge in [-0.25, -0.2) is 4.79 Å². The second kappa shape index (κ2) is 7.32. The van der Waals surface area contributed by atoms with Crippen molar-refractivity contribution in [2.75, 3.05) is 20.2 Å². The Bertz CT molecular complexity index is 769. The average molecular weight is 357 g/mol. The first-order valence-corrected chi connectivity index (χ1v) is 8.80. The van der Waals surface area contributed by atoms with E-state index in [0.717, 1.165) is 18.4 Å². The maximum absolute atomic E-state index is 12.8. The van der Waals surface area contributed by atoms with Crippen molar-refractivity contribution in [3.8, 4) is 5.75 Å². The molecule has 3 rings (SSSR count). The number of rotatable bonds is 2. The summed E-state index contributed by atoms with van der Waals surface area (Å²) < 4.78 is 10.8. The van der Waals surface area contributed by atoms with Gasteiger partial charge in [-0.3, -0.25) is 9.59 Å². The first-order chi connectivity index (χ1) is 12.4. The van der Waals surface area contributed by atoms with Crippen LogP contribution in [0.1, 0.15) is 48.5 Å². The zero-order valence-corrected chi connectivity index (χ0v) is 15.1. The largest absolute Gasteiger partial charge is 0.486 e. The number of carbonyl (C=O) groups excluding carboxylic acids is 3. The molecule has 1 amide bonds. The van der Waals surface area contributed by atoms with Crippen molar-refractivity contribution in [1.82, 2.24) is 4.90 Å². The Morgan fingerprint density at radius 2 is 2.08 bits per heavy atom. The Hall–Kier alpha value is -2.63. The summed E-state index contributed by atoms with van der Waals surface area (Å²) in [6.45, 7) is 2.89. The van der Waals surface area contributed by atoms with Gasteiger partial charge in [-0.2, -0.15) is 0 Å². The molecule has 2 aliphatic heterocycles. The summed E-state index contributed by atoms with van der Waals surface area (Å²) in [6.07, 6.45) is 5.48. The summed E-state index contributed by atoms with van der Waals surface area (Å²) in [6, 6.07) is 5.32. The number of amides is 1. The highest BCUT2D eigenvalue weighted by atomic mass is 16.5. The fourth-order valence-corrected chi connectivity index (χ4v) is 3.61. The van der Waals surface area contributed by atoms with E-state index in [4.69, 9.17) is 4.74 Å². The van der Waals surface area contributed by atoms with Crippen LogP contribution in [0, 0.1) is 0 Å². The smallest absolute Gasteiger partial charge is 0.330 e. The Morgan fingerprint density at radius 1 is 1.27 bits per heavy atom. The quantitative estimate of drug-likeness (QED) is 0.601. The van der Waals surface area contributed by atoms with Crippen LogP contribution in [0.15, 0.2) is 24.3 Å². The molecule has 0 radical (unpaired) electrons. The number of esters is 1. The van der Waals surface area contributed by atoms with Gasteiger partial charge in [-0.1, -0.05) is 6.07 Å². The van der Waals surface area contributed by atoms with Crippen LogP contribution >= 0.6 is 0 Å². The highest BCUT2D eigenvalue weighted by molar-refractivity contribution is 6.01. The molecule has 0 saturated carbocycles. The van der Waals surface area contributed by atoms with Crippen molar-refractivity contribution in [2.45, 2.75) is 38.2 Å². The second-order valence-corrected chi connectivity index (χ2v) is 6.86. The van der Waals surface area contributed by atoms with Gasteiger partial charge in [-0.05, 0) is 36.6 Å². The van der Waals surface area contributed by atoms with Crippen LogP contribution in [-0.2, 0) is 14.3 Å². The number of Topliss-reactive ketones (excluding diaryl/α,β-unsaturated/α-hetero) is 1. The van der Waals surface area contributed by atoms with Crippen LogP contribution in [0.2, 0.25) is 0 Å². The lowest BCUT2D eigenvalue weighted by molar-refractivity contribution is -0.134. The van der Waals surface area contributed by atoms with Gasteiger partial charge in [0, 0.05) is 32.5 Å². The molecule has 1 unspecified atom stereocenters. The van der Waals surface area contributed by atoms with Crippen LogP contribution in [-0.4, -0.2) is 48.4 Å². The molecule has 0 bridgehead atoms. The second-order valence-electron chi connectivity index (χ2n) is 6.86. The van der Waals surface area contributed by atoms with E-state index in [1.54, 1.807) is 25.1 Å². The number of ether oxygens (including phenoxy) is 2. The molecule has 2 heterocycles. The third-order valence-electron chi connectivity index (χ3n) is 5.07. The highest BCUT2D eigenvalue weighted by Gasteiger charge is 2.41. The lowest BCUT2D eigenvalue weighted by Crippen LogP contribution is -2.43. The Balaban J connectivity index is 1.80. The van der Waals surface area contributed by atoms with E-state index in [1.807, 2.05) is 11.0 Å². The standard InChI is InChI=1S/C20H23NO5/c1-14(22)21-10-3-8-20(9-11-21)13-17(23)16-12-15(4-6-18(16)26-20)5-7-19(24)25-2/h4-7,12H,3,8-11,13H2,1-2H3/b7-5+. The minimum absolute atomic E-state index is 0.0378. The van der Waals surface area contributed by atoms with Crippen molar-refractivity contribution < 1.29 is 23.9 Å². The van der Waals surface area contributed by atoms with E-state index in [0.29, 0.717) is 37.2 Å². The first kappa shape index (κ1) is 18.2. The zero-order chi connectivity index (χ0) is 18.7. The van der Waals surface area contributed by atoms with E-state index in [2.05, 4.69) is 4.74 Å². The maximum Gasteiger partial charge on any atom is 0.330 e. The minimum Gasteiger partial charge on any atom is -0.486 e. The summed E-state index contributed by atoms with van der Waals surface area (Å²) in [4.78, 5) is 37.4. The van der Waals surface area contributed by atoms with Gasteiger partial charge in [0.05, 0.1) is 19.1 Å². The molecule has 26 heavy (non-hydrogen) atoms. The molecule has 6 nitrogen and oxygen atoms in total. The molecule has 1 aromatic carbocycles. The van der Waals surface area contributed by atoms with Gasteiger partial charge in [0.15, 0.2) is 5.78 Å². The molecule has 6 heteroatoms. The molecule has 0 aliphatic carbocycles. The van der Waals surface area contributed by atoms with Crippen molar-refractivity contribution in [3.05, 3.63) is 35.4 Å². The first-order valence-electron chi connectivity index (χ1n) is 8.80. The summed E-state index contributed by atoms with van der Waals surface area (Å²) in [5, 5.41) is 0. The number of nitrogens with zero attached hydrogens (tertiary/aromatic N) is 1. The lowest BCUT2D eigenvalue weighted by atomic mass is 9.84. The van der Waals surface area contributed by atoms with Gasteiger partial charge in [0.25, 0.3) is 0 Å². The highest BCUT2D eigenvalue weighted by Crippen LogP contribution is 2.39. The molecule has 0 aromatic heterocycles. The fourth-order valence-electron chi connectivity index (χ4n) is 3.61. The number of benzene rings is 1. The molecule has 1 aromatic rings. The number of hydrogen-bond donors (Lipinski definition) is 0. The molecule has 1 atom stereocenters. The number of hydrogen-bond acceptors (Lipinski definition) is 5. The SMILES string of the molecule is COC(=O)/C=C/c1ccc2c(c1)C(=O)CC1(CCCN(C(C)=O)CC1)O2. The number of ketones is 1. The predicted molar refractivity (Wildman–Crippen MR) is 95.9 cm³/mol. The van der Waals surface area contributed by atoms with E-state index in [9.17, 15) is 14.4 Å². The molecule has 1 saturated heterocycles. The van der Waals surface area contributed by atoms with Crippen LogP contribution < -0.4 is 4.74 Å². The third kappa shape index (κ3) is 3.79. The maximum atomic E-state index is 12.8. The molecule has 2 aliphatic rings. The van der Waals surface area contributed by atoms with Gasteiger partial charge < -0.3 is 14.4 Å². The van der Waals surface area contributed by atoms with Gasteiger partial charge in [0.1, 0.15) is 11.4 Å². The molecular weight excluding hydrogens is 334 g/mol. The normalized spacial score (nSPS) is 22.7. The van der Waals surface area contributed by atoms with Crippen LogP contribution in [0.4, 0.5) is 0 Å². The minimum atomic E-state index is -0.530. The van der Waals surface area contributed by atoms with Crippen LogP contribution in [0.3, 0.4) is 0 Å². The zero-order valence-electron chi connectivity index (χ0n) is 15.1. The summed E-state index contributed by atoms with van der Waals surface area (Å²) in [5.74, 6) is 0.230. The molecular formula is C20H23NO5. The lowest BCUT2D eigenvalue weighted by Gasteiger charge is -2.37. The summed E-state index contributed by atoms with van der Waals surface area (Å²) >= 11 is 0. The summed E-state index contributed by atoms with van der Waals surface area (Å²) in [7, 11) is 1.32. The van der Waals surface area contributed by atoms with E-state index < -0.39 is 11.6 Å². The monoisotopic (exact) mass is 357 g/mol. The van der Waals surface area contributed by atoms with Crippen molar-refractivity contribution in [3.63, 3.8) is 0 Å². The van der Waals surface area contributed by atoms with E-state index >= 15 is 0 Å². The Kier molecular flexibility index (Phi) is 5.11. The number of likely N-dealkylation sites (tertiary alicyclic amines) is 1. The Labute approximate surface area is 152 Å². The average Bonchev–Trinajstić information content (AvgIpc) is 2.82. The van der Waals surface area contributed by atoms with Crippen LogP contribution in [0.5, 0.6) is 5.75 Å². The van der Waals surface area contributed by atoms with Gasteiger partial charge >= 0.3 is 5.97 Å². The van der Waals surface area contributed by atoms with Crippen molar-refractivity contribution >= 4 is 23.7 Å². The molecule has 1 spiro atoms. The van der Waals surface area contributed by atoms with Gasteiger partial charge in [0.2, 0.25) is 5.91 Å².